The molecular weight excluding hydrogens is 260 g/mol. The van der Waals surface area contributed by atoms with Gasteiger partial charge in [-0.1, -0.05) is 19.1 Å². The van der Waals surface area contributed by atoms with Gasteiger partial charge in [-0.15, -0.1) is 0 Å². The van der Waals surface area contributed by atoms with Crippen LogP contribution in [-0.4, -0.2) is 16.2 Å². The van der Waals surface area contributed by atoms with E-state index in [0.29, 0.717) is 18.8 Å². The van der Waals surface area contributed by atoms with Crippen molar-refractivity contribution in [2.24, 2.45) is 0 Å². The van der Waals surface area contributed by atoms with E-state index < -0.39 is 0 Å². The summed E-state index contributed by atoms with van der Waals surface area (Å²) in [5, 5.41) is 17.4. The van der Waals surface area contributed by atoms with E-state index in [-0.39, 0.29) is 11.1 Å². The molecule has 0 spiro atoms. The van der Waals surface area contributed by atoms with Gasteiger partial charge in [0.05, 0.1) is 0 Å². The third kappa shape index (κ3) is 6.49. The van der Waals surface area contributed by atoms with Crippen molar-refractivity contribution in [2.45, 2.75) is 79.1 Å². The van der Waals surface area contributed by atoms with Crippen LogP contribution in [0.3, 0.4) is 0 Å². The molecule has 0 radical (unpaired) electrons. The number of aryl methyl sites for hydroxylation is 1. The largest absolute Gasteiger partial charge is 0.507 e. The Morgan fingerprint density at radius 3 is 1.52 bits per heavy atom. The summed E-state index contributed by atoms with van der Waals surface area (Å²) in [7, 11) is 0. The number of hydrogen-bond acceptors (Lipinski definition) is 3. The van der Waals surface area contributed by atoms with E-state index in [1.165, 1.54) is 5.56 Å². The minimum absolute atomic E-state index is 0.0402. The summed E-state index contributed by atoms with van der Waals surface area (Å²) in [5.74, 6) is 0.417. The number of nitrogens with one attached hydrogen (secondary N) is 2. The highest BCUT2D eigenvalue weighted by Crippen LogP contribution is 2.26. The Bertz CT molecular complexity index is 428. The average molecular weight is 292 g/mol. The van der Waals surface area contributed by atoms with Crippen LogP contribution in [0.4, 0.5) is 0 Å². The van der Waals surface area contributed by atoms with E-state index in [1.54, 1.807) is 0 Å². The number of hydrogen-bond donors (Lipinski definition) is 3. The van der Waals surface area contributed by atoms with Gasteiger partial charge in [-0.25, -0.2) is 0 Å². The first kappa shape index (κ1) is 18.0. The maximum Gasteiger partial charge on any atom is 0.124 e. The fraction of sp³-hybridized carbons (Fsp3) is 0.667. The van der Waals surface area contributed by atoms with Crippen LogP contribution in [0, 0.1) is 0 Å². The third-order valence-electron chi connectivity index (χ3n) is 3.35. The molecule has 3 nitrogen and oxygen atoms in total. The van der Waals surface area contributed by atoms with Crippen LogP contribution in [0.1, 0.15) is 65.2 Å². The SMILES string of the molecule is CCc1cc(CNC(C)(C)C)c(O)c(CNC(C)(C)C)c1. The fourth-order valence-electron chi connectivity index (χ4n) is 2.03. The number of phenolic OH excluding ortho intramolecular Hbond substituents is 1. The maximum atomic E-state index is 10.5. The lowest BCUT2D eigenvalue weighted by Gasteiger charge is -2.24. The highest BCUT2D eigenvalue weighted by molar-refractivity contribution is 5.44. The smallest absolute Gasteiger partial charge is 0.124 e. The molecule has 0 aromatic heterocycles. The zero-order valence-electron chi connectivity index (χ0n) is 14.7. The van der Waals surface area contributed by atoms with Crippen LogP contribution < -0.4 is 10.6 Å². The van der Waals surface area contributed by atoms with Crippen LogP contribution in [-0.2, 0) is 19.5 Å². The van der Waals surface area contributed by atoms with Crippen molar-refractivity contribution in [3.63, 3.8) is 0 Å². The zero-order valence-corrected chi connectivity index (χ0v) is 14.7. The van der Waals surface area contributed by atoms with E-state index >= 15 is 0 Å². The van der Waals surface area contributed by atoms with Crippen LogP contribution in [0.15, 0.2) is 12.1 Å². The van der Waals surface area contributed by atoms with E-state index in [0.717, 1.165) is 17.5 Å². The van der Waals surface area contributed by atoms with Crippen molar-refractivity contribution in [1.29, 1.82) is 0 Å². The Balaban J connectivity index is 2.97. The summed E-state index contributed by atoms with van der Waals surface area (Å²) in [6.45, 7) is 16.3. The van der Waals surface area contributed by atoms with E-state index in [2.05, 4.69) is 71.2 Å². The summed E-state index contributed by atoms with van der Waals surface area (Å²) >= 11 is 0. The molecule has 0 saturated heterocycles. The van der Waals surface area contributed by atoms with Crippen LogP contribution in [0.25, 0.3) is 0 Å². The molecule has 120 valence electrons. The lowest BCUT2D eigenvalue weighted by Crippen LogP contribution is -2.36. The first-order valence-corrected chi connectivity index (χ1v) is 7.85. The standard InChI is InChI=1S/C18H32N2O/c1-8-13-9-14(11-19-17(2,3)4)16(21)15(10-13)12-20-18(5,6)7/h9-10,19-21H,8,11-12H2,1-7H3. The van der Waals surface area contributed by atoms with Gasteiger partial charge in [0.15, 0.2) is 0 Å². The van der Waals surface area contributed by atoms with Gasteiger partial charge in [-0.2, -0.15) is 0 Å². The van der Waals surface area contributed by atoms with Gasteiger partial charge in [-0.3, -0.25) is 0 Å². The van der Waals surface area contributed by atoms with Crippen molar-refractivity contribution in [3.05, 3.63) is 28.8 Å². The molecule has 0 amide bonds. The molecule has 0 saturated carbocycles. The van der Waals surface area contributed by atoms with E-state index in [4.69, 9.17) is 0 Å². The van der Waals surface area contributed by atoms with Crippen LogP contribution >= 0.6 is 0 Å². The lowest BCUT2D eigenvalue weighted by molar-refractivity contribution is 0.399. The third-order valence-corrected chi connectivity index (χ3v) is 3.35. The molecule has 0 atom stereocenters. The molecule has 0 fully saturated rings. The molecule has 0 heterocycles. The average Bonchev–Trinajstić information content (AvgIpc) is 2.34. The lowest BCUT2D eigenvalue weighted by atomic mass is 10.00. The molecule has 1 aromatic carbocycles. The van der Waals surface area contributed by atoms with Gasteiger partial charge in [0.2, 0.25) is 0 Å². The Morgan fingerprint density at radius 2 is 1.24 bits per heavy atom. The molecule has 0 bridgehead atoms. The maximum absolute atomic E-state index is 10.5. The van der Waals surface area contributed by atoms with Crippen molar-refractivity contribution < 1.29 is 5.11 Å². The predicted octanol–water partition coefficient (Wildman–Crippen LogP) is 3.73. The molecular formula is C18H32N2O. The molecule has 1 aromatic rings. The Hall–Kier alpha value is -1.06. The van der Waals surface area contributed by atoms with Crippen molar-refractivity contribution >= 4 is 0 Å². The second-order valence-electron chi connectivity index (χ2n) is 7.82. The summed E-state index contributed by atoms with van der Waals surface area (Å²) in [6, 6.07) is 4.21. The van der Waals surface area contributed by atoms with Gasteiger partial charge < -0.3 is 15.7 Å². The van der Waals surface area contributed by atoms with Crippen molar-refractivity contribution in [1.82, 2.24) is 10.6 Å². The Morgan fingerprint density at radius 1 is 0.857 bits per heavy atom. The van der Waals surface area contributed by atoms with Gasteiger partial charge in [0, 0.05) is 35.3 Å². The Kier molecular flexibility index (Phi) is 5.83. The minimum atomic E-state index is 0.0402. The molecule has 0 aliphatic carbocycles. The summed E-state index contributed by atoms with van der Waals surface area (Å²) in [4.78, 5) is 0. The van der Waals surface area contributed by atoms with Gasteiger partial charge in [0.25, 0.3) is 0 Å². The normalized spacial score (nSPS) is 12.7. The number of aromatic hydroxyl groups is 1. The highest BCUT2D eigenvalue weighted by Gasteiger charge is 2.15. The van der Waals surface area contributed by atoms with Gasteiger partial charge in [-0.05, 0) is 53.5 Å². The Labute approximate surface area is 130 Å². The number of benzene rings is 1. The molecule has 1 rings (SSSR count). The molecule has 21 heavy (non-hydrogen) atoms. The van der Waals surface area contributed by atoms with Crippen LogP contribution in [0.5, 0.6) is 5.75 Å². The summed E-state index contributed by atoms with van der Waals surface area (Å²) in [6.07, 6.45) is 0.977. The number of rotatable bonds is 5. The minimum Gasteiger partial charge on any atom is -0.507 e. The van der Waals surface area contributed by atoms with E-state index in [1.807, 2.05) is 0 Å². The predicted molar refractivity (Wildman–Crippen MR) is 90.7 cm³/mol. The molecule has 0 aliphatic heterocycles. The molecule has 0 aliphatic rings. The zero-order chi connectivity index (χ0) is 16.3. The molecule has 3 heteroatoms. The second-order valence-corrected chi connectivity index (χ2v) is 7.82. The topological polar surface area (TPSA) is 44.3 Å². The van der Waals surface area contributed by atoms with Crippen molar-refractivity contribution in [2.75, 3.05) is 0 Å². The van der Waals surface area contributed by atoms with Gasteiger partial charge >= 0.3 is 0 Å². The summed E-state index contributed by atoms with van der Waals surface area (Å²) in [5.41, 5.74) is 3.31. The number of phenols is 1. The van der Waals surface area contributed by atoms with Crippen LogP contribution in [0.2, 0.25) is 0 Å². The summed E-state index contributed by atoms with van der Waals surface area (Å²) < 4.78 is 0. The quantitative estimate of drug-likeness (QED) is 0.775. The molecule has 0 unspecified atom stereocenters. The first-order chi connectivity index (χ1) is 9.52. The molecule has 3 N–H and O–H groups in total. The van der Waals surface area contributed by atoms with Gasteiger partial charge in [0.1, 0.15) is 5.75 Å². The fourth-order valence-corrected chi connectivity index (χ4v) is 2.03. The first-order valence-electron chi connectivity index (χ1n) is 7.85. The highest BCUT2D eigenvalue weighted by atomic mass is 16.3. The monoisotopic (exact) mass is 292 g/mol. The second kappa shape index (κ2) is 6.80. The van der Waals surface area contributed by atoms with E-state index in [9.17, 15) is 5.11 Å². The van der Waals surface area contributed by atoms with Crippen molar-refractivity contribution in [3.8, 4) is 5.75 Å².